The van der Waals surface area contributed by atoms with Crippen molar-refractivity contribution in [3.63, 3.8) is 0 Å². The number of halogens is 1. The number of hydrazone groups is 1. The third-order valence-corrected chi connectivity index (χ3v) is 4.69. The van der Waals surface area contributed by atoms with E-state index in [2.05, 4.69) is 15.1 Å². The molecule has 0 atom stereocenters. The number of aromatic nitrogens is 1. The highest BCUT2D eigenvalue weighted by Crippen LogP contribution is 2.22. The smallest absolute Gasteiger partial charge is 0.272 e. The molecule has 0 bridgehead atoms. The minimum absolute atomic E-state index is 0.345. The lowest BCUT2D eigenvalue weighted by atomic mass is 10.2. The zero-order valence-electron chi connectivity index (χ0n) is 16.1. The number of carbonyl (C=O) groups is 1. The standard InChI is InChI=1S/C22H22ClN3O2/c1-4-28-19-11-9-18(10-12-19)26-15(2)13-17(16(26)3)14-24-25-22(27)20-7-5-6-8-21(20)23/h5-14H,4H2,1-3H3,(H,25,27)/b24-14-. The number of aryl methyl sites for hydroxylation is 1. The molecule has 144 valence electrons. The molecule has 1 heterocycles. The van der Waals surface area contributed by atoms with Crippen molar-refractivity contribution in [2.75, 3.05) is 6.61 Å². The fourth-order valence-electron chi connectivity index (χ4n) is 3.04. The molecule has 0 unspecified atom stereocenters. The summed E-state index contributed by atoms with van der Waals surface area (Å²) >= 11 is 6.04. The van der Waals surface area contributed by atoms with Crippen molar-refractivity contribution in [2.45, 2.75) is 20.8 Å². The first-order chi connectivity index (χ1) is 13.5. The maximum Gasteiger partial charge on any atom is 0.272 e. The van der Waals surface area contributed by atoms with Crippen LogP contribution in [0.25, 0.3) is 5.69 Å². The summed E-state index contributed by atoms with van der Waals surface area (Å²) in [5, 5.41) is 4.48. The van der Waals surface area contributed by atoms with E-state index in [-0.39, 0.29) is 5.91 Å². The van der Waals surface area contributed by atoms with E-state index in [1.54, 1.807) is 30.5 Å². The molecular formula is C22H22ClN3O2. The highest BCUT2D eigenvalue weighted by atomic mass is 35.5. The van der Waals surface area contributed by atoms with Gasteiger partial charge in [-0.15, -0.1) is 0 Å². The summed E-state index contributed by atoms with van der Waals surface area (Å²) in [6.07, 6.45) is 1.64. The largest absolute Gasteiger partial charge is 0.494 e. The number of amides is 1. The van der Waals surface area contributed by atoms with Gasteiger partial charge < -0.3 is 9.30 Å². The Hall–Kier alpha value is -3.05. The average Bonchev–Trinajstić information content (AvgIpc) is 2.96. The van der Waals surface area contributed by atoms with Gasteiger partial charge in [-0.3, -0.25) is 4.79 Å². The van der Waals surface area contributed by atoms with Crippen molar-refractivity contribution in [1.29, 1.82) is 0 Å². The van der Waals surface area contributed by atoms with Crippen molar-refractivity contribution >= 4 is 23.7 Å². The number of nitrogens with one attached hydrogen (secondary N) is 1. The molecule has 28 heavy (non-hydrogen) atoms. The highest BCUT2D eigenvalue weighted by Gasteiger charge is 2.11. The first-order valence-corrected chi connectivity index (χ1v) is 9.39. The number of carbonyl (C=O) groups excluding carboxylic acids is 1. The predicted octanol–water partition coefficient (Wildman–Crippen LogP) is 4.91. The third kappa shape index (κ3) is 4.26. The molecular weight excluding hydrogens is 374 g/mol. The van der Waals surface area contributed by atoms with Crippen molar-refractivity contribution in [2.24, 2.45) is 5.10 Å². The lowest BCUT2D eigenvalue weighted by Gasteiger charge is -2.11. The maximum atomic E-state index is 12.2. The van der Waals surface area contributed by atoms with E-state index in [0.29, 0.717) is 17.2 Å². The van der Waals surface area contributed by atoms with E-state index in [1.807, 2.05) is 51.1 Å². The van der Waals surface area contributed by atoms with Crippen molar-refractivity contribution in [1.82, 2.24) is 9.99 Å². The number of nitrogens with zero attached hydrogens (tertiary/aromatic N) is 2. The molecule has 2 aromatic carbocycles. The Morgan fingerprint density at radius 2 is 1.89 bits per heavy atom. The van der Waals surface area contributed by atoms with Crippen molar-refractivity contribution in [3.8, 4) is 11.4 Å². The first-order valence-electron chi connectivity index (χ1n) is 9.01. The first kappa shape index (κ1) is 19.7. The van der Waals surface area contributed by atoms with Gasteiger partial charge >= 0.3 is 0 Å². The van der Waals surface area contributed by atoms with Crippen LogP contribution < -0.4 is 10.2 Å². The van der Waals surface area contributed by atoms with Gasteiger partial charge in [-0.1, -0.05) is 23.7 Å². The lowest BCUT2D eigenvalue weighted by Crippen LogP contribution is -2.18. The Labute approximate surface area is 169 Å². The van der Waals surface area contributed by atoms with Gasteiger partial charge in [-0.25, -0.2) is 5.43 Å². The van der Waals surface area contributed by atoms with Crippen LogP contribution in [0.2, 0.25) is 5.02 Å². The number of hydrogen-bond acceptors (Lipinski definition) is 3. The number of rotatable bonds is 6. The second-order valence-electron chi connectivity index (χ2n) is 6.27. The summed E-state index contributed by atoms with van der Waals surface area (Å²) in [6.45, 7) is 6.65. The van der Waals surface area contributed by atoms with Crippen LogP contribution in [0.15, 0.2) is 59.7 Å². The normalized spacial score (nSPS) is 11.0. The van der Waals surface area contributed by atoms with Gasteiger partial charge in [0, 0.05) is 22.6 Å². The van der Waals surface area contributed by atoms with Crippen molar-refractivity contribution in [3.05, 3.63) is 82.1 Å². The SMILES string of the molecule is CCOc1ccc(-n2c(C)cc(/C=N\NC(=O)c3ccccc3Cl)c2C)cc1. The van der Waals surface area contributed by atoms with Gasteiger partial charge in [0.1, 0.15) is 5.75 Å². The summed E-state index contributed by atoms with van der Waals surface area (Å²) in [6, 6.07) is 16.8. The number of ether oxygens (including phenoxy) is 1. The van der Waals surface area contributed by atoms with Crippen LogP contribution in [0, 0.1) is 13.8 Å². The number of hydrogen-bond donors (Lipinski definition) is 1. The Kier molecular flexibility index (Phi) is 6.16. The summed E-state index contributed by atoms with van der Waals surface area (Å²) in [5.74, 6) is 0.500. The monoisotopic (exact) mass is 395 g/mol. The van der Waals surface area contributed by atoms with Crippen LogP contribution in [-0.2, 0) is 0 Å². The fourth-order valence-corrected chi connectivity index (χ4v) is 3.26. The quantitative estimate of drug-likeness (QED) is 0.476. The van der Waals surface area contributed by atoms with E-state index >= 15 is 0 Å². The Balaban J connectivity index is 1.77. The van der Waals surface area contributed by atoms with E-state index in [0.717, 1.165) is 28.4 Å². The van der Waals surface area contributed by atoms with E-state index < -0.39 is 0 Å². The molecule has 1 aromatic heterocycles. The van der Waals surface area contributed by atoms with Gasteiger partial charge in [0.2, 0.25) is 0 Å². The van der Waals surface area contributed by atoms with Gasteiger partial charge in [0.05, 0.1) is 23.4 Å². The molecule has 5 nitrogen and oxygen atoms in total. The van der Waals surface area contributed by atoms with E-state index in [9.17, 15) is 4.79 Å². The molecule has 0 fully saturated rings. The molecule has 1 N–H and O–H groups in total. The maximum absolute atomic E-state index is 12.2. The van der Waals surface area contributed by atoms with Crippen LogP contribution >= 0.6 is 11.6 Å². The van der Waals surface area contributed by atoms with Crippen LogP contribution in [0.1, 0.15) is 34.2 Å². The highest BCUT2D eigenvalue weighted by molar-refractivity contribution is 6.33. The topological polar surface area (TPSA) is 55.6 Å². The van der Waals surface area contributed by atoms with E-state index in [4.69, 9.17) is 16.3 Å². The third-order valence-electron chi connectivity index (χ3n) is 4.36. The Morgan fingerprint density at radius 1 is 1.18 bits per heavy atom. The van der Waals surface area contributed by atoms with Crippen LogP contribution in [0.5, 0.6) is 5.75 Å². The fraction of sp³-hybridized carbons (Fsp3) is 0.182. The van der Waals surface area contributed by atoms with Crippen LogP contribution in [0.3, 0.4) is 0 Å². The second kappa shape index (κ2) is 8.76. The van der Waals surface area contributed by atoms with E-state index in [1.165, 1.54) is 0 Å². The van der Waals surface area contributed by atoms with Gasteiger partial charge in [0.25, 0.3) is 5.91 Å². The molecule has 3 rings (SSSR count). The summed E-state index contributed by atoms with van der Waals surface area (Å²) in [5.41, 5.74) is 6.97. The summed E-state index contributed by atoms with van der Waals surface area (Å²) in [7, 11) is 0. The summed E-state index contributed by atoms with van der Waals surface area (Å²) in [4.78, 5) is 12.2. The molecule has 0 radical (unpaired) electrons. The molecule has 3 aromatic rings. The zero-order valence-corrected chi connectivity index (χ0v) is 16.8. The second-order valence-corrected chi connectivity index (χ2v) is 6.67. The van der Waals surface area contributed by atoms with Crippen LogP contribution in [0.4, 0.5) is 0 Å². The molecule has 6 heteroatoms. The molecule has 0 aliphatic rings. The molecule has 0 aliphatic heterocycles. The molecule has 1 amide bonds. The zero-order chi connectivity index (χ0) is 20.1. The van der Waals surface area contributed by atoms with Gasteiger partial charge in [0.15, 0.2) is 0 Å². The minimum atomic E-state index is -0.345. The Bertz CT molecular complexity index is 1010. The molecule has 0 saturated heterocycles. The van der Waals surface area contributed by atoms with Gasteiger partial charge in [-0.2, -0.15) is 5.10 Å². The molecule has 0 aliphatic carbocycles. The minimum Gasteiger partial charge on any atom is -0.494 e. The van der Waals surface area contributed by atoms with Crippen LogP contribution in [-0.4, -0.2) is 23.3 Å². The predicted molar refractivity (Wildman–Crippen MR) is 113 cm³/mol. The average molecular weight is 396 g/mol. The molecule has 0 spiro atoms. The van der Waals surface area contributed by atoms with Gasteiger partial charge in [-0.05, 0) is 63.2 Å². The number of benzene rings is 2. The lowest BCUT2D eigenvalue weighted by molar-refractivity contribution is 0.0955. The van der Waals surface area contributed by atoms with Crippen molar-refractivity contribution < 1.29 is 9.53 Å². The summed E-state index contributed by atoms with van der Waals surface area (Å²) < 4.78 is 7.63. The Morgan fingerprint density at radius 3 is 2.57 bits per heavy atom. The molecule has 0 saturated carbocycles.